The van der Waals surface area contributed by atoms with Crippen LogP contribution in [0.2, 0.25) is 0 Å². The maximum Gasteiger partial charge on any atom is 0.0465 e. The molecule has 78 valence electrons. The lowest BCUT2D eigenvalue weighted by Crippen LogP contribution is -2.20. The molecule has 2 heteroatoms. The summed E-state index contributed by atoms with van der Waals surface area (Å²) in [6, 6.07) is 10.3. The van der Waals surface area contributed by atoms with Gasteiger partial charge in [-0.15, -0.1) is 0 Å². The molecule has 0 heterocycles. The average molecular weight is 193 g/mol. The van der Waals surface area contributed by atoms with Crippen molar-refractivity contribution in [1.29, 1.82) is 0 Å². The van der Waals surface area contributed by atoms with Gasteiger partial charge in [-0.25, -0.2) is 0 Å². The number of hydrogen-bond acceptors (Lipinski definition) is 2. The number of methoxy groups -OCH3 is 1. The first-order valence-corrected chi connectivity index (χ1v) is 5.05. The monoisotopic (exact) mass is 193 g/mol. The van der Waals surface area contributed by atoms with Gasteiger partial charge in [0.25, 0.3) is 0 Å². The Morgan fingerprint density at radius 3 is 2.50 bits per heavy atom. The van der Waals surface area contributed by atoms with Crippen LogP contribution in [0.3, 0.4) is 0 Å². The third kappa shape index (κ3) is 3.13. The largest absolute Gasteiger partial charge is 0.385 e. The Bertz CT molecular complexity index is 248. The minimum Gasteiger partial charge on any atom is -0.385 e. The van der Waals surface area contributed by atoms with E-state index in [1.54, 1.807) is 7.11 Å². The van der Waals surface area contributed by atoms with Crippen molar-refractivity contribution in [3.8, 4) is 0 Å². The molecule has 2 nitrogen and oxygen atoms in total. The van der Waals surface area contributed by atoms with Crippen LogP contribution in [0.5, 0.6) is 0 Å². The van der Waals surface area contributed by atoms with Crippen molar-refractivity contribution in [3.05, 3.63) is 35.9 Å². The molecule has 0 saturated heterocycles. The Labute approximate surface area is 86.1 Å². The molecule has 1 aromatic rings. The maximum atomic E-state index is 6.12. The summed E-state index contributed by atoms with van der Waals surface area (Å²) in [5, 5.41) is 0. The predicted octanol–water partition coefficient (Wildman–Crippen LogP) is 2.36. The highest BCUT2D eigenvalue weighted by Crippen LogP contribution is 2.21. The molecule has 1 rings (SSSR count). The zero-order valence-electron chi connectivity index (χ0n) is 8.94. The topological polar surface area (TPSA) is 35.2 Å². The first kappa shape index (κ1) is 11.2. The summed E-state index contributed by atoms with van der Waals surface area (Å²) in [4.78, 5) is 0. The van der Waals surface area contributed by atoms with E-state index in [0.29, 0.717) is 5.92 Å². The molecule has 0 aliphatic carbocycles. The highest BCUT2D eigenvalue weighted by Gasteiger charge is 2.13. The summed E-state index contributed by atoms with van der Waals surface area (Å²) >= 11 is 0. The van der Waals surface area contributed by atoms with Gasteiger partial charge in [-0.05, 0) is 17.9 Å². The van der Waals surface area contributed by atoms with Gasteiger partial charge in [-0.1, -0.05) is 37.3 Å². The van der Waals surface area contributed by atoms with Crippen LogP contribution in [-0.2, 0) is 4.74 Å². The highest BCUT2D eigenvalue weighted by atomic mass is 16.5. The summed E-state index contributed by atoms with van der Waals surface area (Å²) in [7, 11) is 1.72. The van der Waals surface area contributed by atoms with Crippen molar-refractivity contribution in [2.45, 2.75) is 19.4 Å². The van der Waals surface area contributed by atoms with Gasteiger partial charge in [0.15, 0.2) is 0 Å². The van der Waals surface area contributed by atoms with Gasteiger partial charge in [0.05, 0.1) is 0 Å². The molecule has 14 heavy (non-hydrogen) atoms. The smallest absolute Gasteiger partial charge is 0.0465 e. The third-order valence-corrected chi connectivity index (χ3v) is 2.57. The first-order chi connectivity index (χ1) is 6.75. The summed E-state index contributed by atoms with van der Waals surface area (Å²) in [5.41, 5.74) is 7.33. The molecule has 0 radical (unpaired) electrons. The second kappa shape index (κ2) is 5.78. The van der Waals surface area contributed by atoms with Crippen LogP contribution in [0, 0.1) is 5.92 Å². The van der Waals surface area contributed by atoms with Crippen molar-refractivity contribution < 1.29 is 4.74 Å². The lowest BCUT2D eigenvalue weighted by molar-refractivity contribution is 0.174. The second-order valence-corrected chi connectivity index (χ2v) is 3.70. The van der Waals surface area contributed by atoms with Crippen LogP contribution in [-0.4, -0.2) is 13.7 Å². The lowest BCUT2D eigenvalue weighted by atomic mass is 9.93. The van der Waals surface area contributed by atoms with E-state index in [2.05, 4.69) is 19.1 Å². The van der Waals surface area contributed by atoms with Gasteiger partial charge in [-0.2, -0.15) is 0 Å². The standard InChI is InChI=1S/C12H19NO/c1-10(8-9-14-2)12(13)11-6-4-3-5-7-11/h3-7,10,12H,8-9,13H2,1-2H3. The van der Waals surface area contributed by atoms with Crippen LogP contribution in [0.25, 0.3) is 0 Å². The van der Waals surface area contributed by atoms with E-state index in [-0.39, 0.29) is 6.04 Å². The summed E-state index contributed by atoms with van der Waals surface area (Å²) in [6.07, 6.45) is 1.01. The van der Waals surface area contributed by atoms with E-state index in [9.17, 15) is 0 Å². The zero-order valence-corrected chi connectivity index (χ0v) is 8.94. The van der Waals surface area contributed by atoms with Gasteiger partial charge in [0.1, 0.15) is 0 Å². The van der Waals surface area contributed by atoms with Gasteiger partial charge in [0, 0.05) is 19.8 Å². The third-order valence-electron chi connectivity index (χ3n) is 2.57. The highest BCUT2D eigenvalue weighted by molar-refractivity contribution is 5.18. The summed E-state index contributed by atoms with van der Waals surface area (Å²) in [5.74, 6) is 0.456. The minimum atomic E-state index is 0.117. The summed E-state index contributed by atoms with van der Waals surface area (Å²) < 4.78 is 5.04. The lowest BCUT2D eigenvalue weighted by Gasteiger charge is -2.19. The maximum absolute atomic E-state index is 6.12. The molecule has 0 bridgehead atoms. The van der Waals surface area contributed by atoms with Crippen LogP contribution in [0.1, 0.15) is 24.9 Å². The molecule has 0 aliphatic heterocycles. The molecule has 0 amide bonds. The quantitative estimate of drug-likeness (QED) is 0.779. The van der Waals surface area contributed by atoms with E-state index in [1.807, 2.05) is 18.2 Å². The Hall–Kier alpha value is -0.860. The summed E-state index contributed by atoms with van der Waals surface area (Å²) in [6.45, 7) is 2.94. The van der Waals surface area contributed by atoms with Crippen molar-refractivity contribution >= 4 is 0 Å². The molecule has 2 atom stereocenters. The molecule has 0 saturated carbocycles. The van der Waals surface area contributed by atoms with Gasteiger partial charge >= 0.3 is 0 Å². The Morgan fingerprint density at radius 2 is 1.93 bits per heavy atom. The average Bonchev–Trinajstić information content (AvgIpc) is 2.26. The molecule has 0 aromatic heterocycles. The molecular formula is C12H19NO. The first-order valence-electron chi connectivity index (χ1n) is 5.05. The van der Waals surface area contributed by atoms with E-state index in [1.165, 1.54) is 5.56 Å². The van der Waals surface area contributed by atoms with Crippen LogP contribution in [0.4, 0.5) is 0 Å². The Balaban J connectivity index is 2.52. The van der Waals surface area contributed by atoms with Gasteiger partial charge < -0.3 is 10.5 Å². The number of rotatable bonds is 5. The number of benzene rings is 1. The molecular weight excluding hydrogens is 174 g/mol. The van der Waals surface area contributed by atoms with Crippen LogP contribution in [0.15, 0.2) is 30.3 Å². The van der Waals surface area contributed by atoms with Crippen molar-refractivity contribution in [2.24, 2.45) is 11.7 Å². The number of nitrogens with two attached hydrogens (primary N) is 1. The molecule has 0 spiro atoms. The zero-order chi connectivity index (χ0) is 10.4. The SMILES string of the molecule is COCCC(C)C(N)c1ccccc1. The fourth-order valence-corrected chi connectivity index (χ4v) is 1.49. The molecule has 0 fully saturated rings. The Kier molecular flexibility index (Phi) is 4.63. The molecule has 1 aromatic carbocycles. The van der Waals surface area contributed by atoms with Crippen molar-refractivity contribution in [2.75, 3.05) is 13.7 Å². The fraction of sp³-hybridized carbons (Fsp3) is 0.500. The normalized spacial score (nSPS) is 15.1. The molecule has 2 N–H and O–H groups in total. The predicted molar refractivity (Wildman–Crippen MR) is 59.0 cm³/mol. The number of ether oxygens (including phenoxy) is 1. The number of hydrogen-bond donors (Lipinski definition) is 1. The van der Waals surface area contributed by atoms with Crippen molar-refractivity contribution in [1.82, 2.24) is 0 Å². The second-order valence-electron chi connectivity index (χ2n) is 3.70. The van der Waals surface area contributed by atoms with E-state index in [0.717, 1.165) is 13.0 Å². The Morgan fingerprint density at radius 1 is 1.29 bits per heavy atom. The van der Waals surface area contributed by atoms with Gasteiger partial charge in [-0.3, -0.25) is 0 Å². The molecule has 0 aliphatic rings. The van der Waals surface area contributed by atoms with E-state index >= 15 is 0 Å². The fourth-order valence-electron chi connectivity index (χ4n) is 1.49. The van der Waals surface area contributed by atoms with Crippen molar-refractivity contribution in [3.63, 3.8) is 0 Å². The van der Waals surface area contributed by atoms with E-state index < -0.39 is 0 Å². The van der Waals surface area contributed by atoms with E-state index in [4.69, 9.17) is 10.5 Å². The van der Waals surface area contributed by atoms with Crippen LogP contribution >= 0.6 is 0 Å². The minimum absolute atomic E-state index is 0.117. The molecule has 2 unspecified atom stereocenters. The van der Waals surface area contributed by atoms with Gasteiger partial charge in [0.2, 0.25) is 0 Å². The van der Waals surface area contributed by atoms with Crippen LogP contribution < -0.4 is 5.73 Å².